The summed E-state index contributed by atoms with van der Waals surface area (Å²) in [5, 5.41) is 22.3. The van der Waals surface area contributed by atoms with Gasteiger partial charge in [0.2, 0.25) is 5.91 Å². The van der Waals surface area contributed by atoms with Gasteiger partial charge in [-0.25, -0.2) is 0 Å². The van der Waals surface area contributed by atoms with Crippen molar-refractivity contribution in [3.63, 3.8) is 0 Å². The minimum atomic E-state index is -1.45. The Hall–Kier alpha value is -2.94. The van der Waals surface area contributed by atoms with Crippen molar-refractivity contribution in [1.29, 1.82) is 0 Å². The molecule has 1 aromatic rings. The van der Waals surface area contributed by atoms with Gasteiger partial charge in [0.1, 0.15) is 6.04 Å². The maximum atomic E-state index is 12.4. The van der Waals surface area contributed by atoms with E-state index in [0.29, 0.717) is 6.42 Å². The number of nitrogens with one attached hydrogen (secondary N) is 1. The normalized spacial score (nSPS) is 20.7. The number of carboxylic acid groups (broad SMARTS) is 2. The summed E-state index contributed by atoms with van der Waals surface area (Å²) in [6, 6.07) is 7.45. The van der Waals surface area contributed by atoms with Gasteiger partial charge in [0, 0.05) is 18.9 Å². The van der Waals surface area contributed by atoms with Gasteiger partial charge in [-0.15, -0.1) is 0 Å². The topological polar surface area (TPSA) is 154 Å². The Morgan fingerprint density at radius 1 is 1.31 bits per heavy atom. The molecule has 1 heterocycles. The van der Waals surface area contributed by atoms with Gasteiger partial charge < -0.3 is 31.0 Å². The van der Waals surface area contributed by atoms with Crippen LogP contribution >= 0.6 is 0 Å². The predicted octanol–water partition coefficient (Wildman–Crippen LogP) is -2.99. The van der Waals surface area contributed by atoms with E-state index >= 15 is 0 Å². The smallest absolute Gasteiger partial charge is 0.303 e. The second kappa shape index (κ2) is 8.43. The number of carbonyl (C=O) groups excluding carboxylic acids is 3. The third-order valence-electron chi connectivity index (χ3n) is 4.25. The number of aliphatic carboxylic acids is 2. The lowest BCUT2D eigenvalue weighted by molar-refractivity contribution is -0.403. The van der Waals surface area contributed by atoms with E-state index in [2.05, 4.69) is 11.1 Å². The third-order valence-corrected chi connectivity index (χ3v) is 4.25. The lowest BCUT2D eigenvalue weighted by Crippen LogP contribution is -2.69. The zero-order chi connectivity index (χ0) is 19.3. The molecule has 140 valence electrons. The number of carbonyl (C=O) groups is 4. The quantitative estimate of drug-likeness (QED) is 0.447. The molecule has 0 bridgehead atoms. The number of quaternary nitrogens is 1. The van der Waals surface area contributed by atoms with Crippen LogP contribution < -0.4 is 16.2 Å². The fraction of sp³-hybridized carbons (Fsp3) is 0.412. The number of carboxylic acids is 2. The number of hydrogen-bond acceptors (Lipinski definition) is 5. The van der Waals surface area contributed by atoms with Crippen LogP contribution in [0.25, 0.3) is 0 Å². The van der Waals surface area contributed by atoms with E-state index in [4.69, 9.17) is 5.11 Å². The minimum absolute atomic E-state index is 0.0649. The number of amides is 2. The number of nitrogens with zero attached hydrogens (tertiary/aromatic N) is 1. The Labute approximate surface area is 149 Å². The fourth-order valence-corrected chi connectivity index (χ4v) is 3.02. The molecule has 0 aliphatic carbocycles. The van der Waals surface area contributed by atoms with E-state index in [-0.39, 0.29) is 13.0 Å². The summed E-state index contributed by atoms with van der Waals surface area (Å²) in [5.41, 5.74) is 4.70. The fourth-order valence-electron chi connectivity index (χ4n) is 3.02. The molecule has 1 aliphatic heterocycles. The highest BCUT2D eigenvalue weighted by atomic mass is 16.4. The maximum absolute atomic E-state index is 12.4. The first-order valence-electron chi connectivity index (χ1n) is 8.15. The Kier molecular flexibility index (Phi) is 6.29. The Morgan fingerprint density at radius 3 is 2.54 bits per heavy atom. The Bertz CT molecular complexity index is 693. The van der Waals surface area contributed by atoms with Crippen LogP contribution in [0.3, 0.4) is 0 Å². The maximum Gasteiger partial charge on any atom is 0.303 e. The number of hydrogen-bond donors (Lipinski definition) is 3. The molecule has 26 heavy (non-hydrogen) atoms. The molecule has 2 rings (SSSR count). The number of likely N-dealkylation sites (tertiary alicyclic amines) is 1. The SMILES string of the molecule is [NH3+][C@@H](Cc1ccccc1)C(=O)NC1C(=O)N(CC(=O)[O-])C[C@H]1CC(=O)O. The van der Waals surface area contributed by atoms with Gasteiger partial charge in [0.25, 0.3) is 5.91 Å². The van der Waals surface area contributed by atoms with Gasteiger partial charge in [-0.3, -0.25) is 14.4 Å². The first-order valence-corrected chi connectivity index (χ1v) is 8.15. The minimum Gasteiger partial charge on any atom is -0.548 e. The molecule has 0 saturated carbocycles. The van der Waals surface area contributed by atoms with Crippen LogP contribution in [0.1, 0.15) is 12.0 Å². The van der Waals surface area contributed by atoms with Crippen molar-refractivity contribution in [1.82, 2.24) is 10.2 Å². The van der Waals surface area contributed by atoms with Gasteiger partial charge in [0.05, 0.1) is 18.9 Å². The summed E-state index contributed by atoms with van der Waals surface area (Å²) >= 11 is 0. The number of rotatable bonds is 8. The zero-order valence-electron chi connectivity index (χ0n) is 14.1. The van der Waals surface area contributed by atoms with Gasteiger partial charge in [-0.2, -0.15) is 0 Å². The van der Waals surface area contributed by atoms with Crippen LogP contribution in [0.5, 0.6) is 0 Å². The van der Waals surface area contributed by atoms with Crippen molar-refractivity contribution in [2.24, 2.45) is 5.92 Å². The second-order valence-corrected chi connectivity index (χ2v) is 6.32. The van der Waals surface area contributed by atoms with E-state index in [1.165, 1.54) is 0 Å². The van der Waals surface area contributed by atoms with Crippen molar-refractivity contribution in [2.75, 3.05) is 13.1 Å². The van der Waals surface area contributed by atoms with Crippen LogP contribution in [0.15, 0.2) is 30.3 Å². The molecular weight excluding hydrogens is 342 g/mol. The molecule has 9 heteroatoms. The molecule has 9 nitrogen and oxygen atoms in total. The highest BCUT2D eigenvalue weighted by Crippen LogP contribution is 2.22. The molecule has 0 radical (unpaired) electrons. The lowest BCUT2D eigenvalue weighted by Gasteiger charge is -2.19. The molecule has 1 saturated heterocycles. The standard InChI is InChI=1S/C17H21N3O6/c18-12(6-10-4-2-1-3-5-10)16(25)19-15-11(7-13(21)22)8-20(17(15)26)9-14(23)24/h1-5,11-12,15H,6-9,18H2,(H,19,25)(H,21,22)(H,23,24)/t11-,12+,15?/m1/s1. The molecule has 1 aromatic carbocycles. The molecule has 3 atom stereocenters. The van der Waals surface area contributed by atoms with Gasteiger partial charge in [0.15, 0.2) is 6.04 Å². The second-order valence-electron chi connectivity index (χ2n) is 6.32. The van der Waals surface area contributed by atoms with E-state index in [1.54, 1.807) is 0 Å². The van der Waals surface area contributed by atoms with E-state index < -0.39 is 48.3 Å². The van der Waals surface area contributed by atoms with Gasteiger partial charge in [-0.05, 0) is 5.56 Å². The van der Waals surface area contributed by atoms with Crippen molar-refractivity contribution in [3.8, 4) is 0 Å². The average molecular weight is 363 g/mol. The summed E-state index contributed by atoms with van der Waals surface area (Å²) in [6.07, 6.45) is 0.000665. The van der Waals surface area contributed by atoms with E-state index in [9.17, 15) is 24.3 Å². The number of benzene rings is 1. The third kappa shape index (κ3) is 5.03. The van der Waals surface area contributed by atoms with E-state index in [0.717, 1.165) is 10.5 Å². The molecule has 0 aromatic heterocycles. The van der Waals surface area contributed by atoms with Crippen LogP contribution in [-0.4, -0.2) is 58.9 Å². The molecule has 0 spiro atoms. The van der Waals surface area contributed by atoms with Crippen LogP contribution in [0.2, 0.25) is 0 Å². The van der Waals surface area contributed by atoms with Crippen LogP contribution in [-0.2, 0) is 25.6 Å². The molecule has 2 amide bonds. The largest absolute Gasteiger partial charge is 0.548 e. The van der Waals surface area contributed by atoms with Crippen molar-refractivity contribution in [3.05, 3.63) is 35.9 Å². The van der Waals surface area contributed by atoms with Gasteiger partial charge in [-0.1, -0.05) is 30.3 Å². The Balaban J connectivity index is 2.05. The van der Waals surface area contributed by atoms with Crippen LogP contribution in [0, 0.1) is 5.92 Å². The molecule has 1 fully saturated rings. The average Bonchev–Trinajstić information content (AvgIpc) is 2.83. The lowest BCUT2D eigenvalue weighted by atomic mass is 9.98. The molecule has 1 aliphatic rings. The van der Waals surface area contributed by atoms with Crippen molar-refractivity contribution in [2.45, 2.75) is 24.9 Å². The van der Waals surface area contributed by atoms with Gasteiger partial charge >= 0.3 is 5.97 Å². The zero-order valence-corrected chi connectivity index (χ0v) is 14.1. The summed E-state index contributed by atoms with van der Waals surface area (Å²) in [4.78, 5) is 47.5. The van der Waals surface area contributed by atoms with E-state index in [1.807, 2.05) is 30.3 Å². The van der Waals surface area contributed by atoms with Crippen molar-refractivity contribution < 1.29 is 35.1 Å². The highest BCUT2D eigenvalue weighted by molar-refractivity contribution is 5.92. The van der Waals surface area contributed by atoms with Crippen LogP contribution in [0.4, 0.5) is 0 Å². The van der Waals surface area contributed by atoms with Crippen molar-refractivity contribution >= 4 is 23.8 Å². The monoisotopic (exact) mass is 363 g/mol. The first-order chi connectivity index (χ1) is 12.3. The highest BCUT2D eigenvalue weighted by Gasteiger charge is 2.42. The summed E-state index contributed by atoms with van der Waals surface area (Å²) < 4.78 is 0. The predicted molar refractivity (Wildman–Crippen MR) is 86.1 cm³/mol. The molecule has 1 unspecified atom stereocenters. The Morgan fingerprint density at radius 2 is 1.96 bits per heavy atom. The first kappa shape index (κ1) is 19.4. The summed E-state index contributed by atoms with van der Waals surface area (Å²) in [7, 11) is 0. The molecular formula is C17H21N3O6. The molecule has 5 N–H and O–H groups in total. The summed E-state index contributed by atoms with van der Waals surface area (Å²) in [6.45, 7) is -0.705. The summed E-state index contributed by atoms with van der Waals surface area (Å²) in [5.74, 6) is -4.41.